The van der Waals surface area contributed by atoms with Gasteiger partial charge in [-0.05, 0) is 48.9 Å². The molecule has 150 valence electrons. The third-order valence-corrected chi connectivity index (χ3v) is 4.67. The molecule has 30 heavy (non-hydrogen) atoms. The fourth-order valence-electron chi connectivity index (χ4n) is 3.00. The van der Waals surface area contributed by atoms with E-state index in [0.717, 1.165) is 11.1 Å². The third kappa shape index (κ3) is 4.41. The fourth-order valence-corrected chi connectivity index (χ4v) is 3.00. The van der Waals surface area contributed by atoms with Gasteiger partial charge in [0.15, 0.2) is 5.70 Å². The molecule has 0 unspecified atom stereocenters. The highest BCUT2D eigenvalue weighted by atomic mass is 16.6. The Morgan fingerprint density at radius 2 is 1.77 bits per heavy atom. The van der Waals surface area contributed by atoms with E-state index in [-0.39, 0.29) is 11.6 Å². The first-order valence-electron chi connectivity index (χ1n) is 9.57. The summed E-state index contributed by atoms with van der Waals surface area (Å²) in [7, 11) is 1.59. The number of hydrogen-bond acceptors (Lipinski definition) is 5. The van der Waals surface area contributed by atoms with Crippen LogP contribution in [0.15, 0.2) is 83.5 Å². The van der Waals surface area contributed by atoms with Crippen molar-refractivity contribution in [1.29, 1.82) is 0 Å². The maximum absolute atomic E-state index is 12.4. The number of carbonyl (C=O) groups excluding carboxylic acids is 1. The summed E-state index contributed by atoms with van der Waals surface area (Å²) < 4.78 is 16.7. The molecule has 0 aromatic heterocycles. The largest absolute Gasteiger partial charge is 0.497 e. The highest BCUT2D eigenvalue weighted by Crippen LogP contribution is 2.29. The van der Waals surface area contributed by atoms with Crippen molar-refractivity contribution in [3.63, 3.8) is 0 Å². The van der Waals surface area contributed by atoms with E-state index in [1.165, 1.54) is 5.56 Å². The molecule has 0 saturated heterocycles. The van der Waals surface area contributed by atoms with Crippen LogP contribution in [0.4, 0.5) is 0 Å². The van der Waals surface area contributed by atoms with Crippen LogP contribution in [0.2, 0.25) is 0 Å². The number of nitrogens with zero attached hydrogens (tertiary/aromatic N) is 1. The van der Waals surface area contributed by atoms with Gasteiger partial charge in [0.2, 0.25) is 5.90 Å². The molecule has 0 atom stereocenters. The molecule has 0 fully saturated rings. The quantitative estimate of drug-likeness (QED) is 0.436. The molecule has 0 saturated carbocycles. The van der Waals surface area contributed by atoms with Crippen LogP contribution in [0.1, 0.15) is 22.3 Å². The van der Waals surface area contributed by atoms with Crippen molar-refractivity contribution in [3.8, 4) is 11.5 Å². The summed E-state index contributed by atoms with van der Waals surface area (Å²) in [6, 6.07) is 22.9. The van der Waals surface area contributed by atoms with Crippen LogP contribution in [0.5, 0.6) is 11.5 Å². The summed E-state index contributed by atoms with van der Waals surface area (Å²) in [4.78, 5) is 16.7. The molecule has 0 radical (unpaired) electrons. The molecule has 0 N–H and O–H groups in total. The number of carbonyl (C=O) groups is 1. The summed E-state index contributed by atoms with van der Waals surface area (Å²) >= 11 is 0. The van der Waals surface area contributed by atoms with E-state index in [0.29, 0.717) is 23.7 Å². The molecule has 1 aliphatic heterocycles. The van der Waals surface area contributed by atoms with Gasteiger partial charge in [-0.2, -0.15) is 0 Å². The molecular weight excluding hydrogens is 378 g/mol. The molecule has 3 aromatic rings. The van der Waals surface area contributed by atoms with Crippen molar-refractivity contribution in [1.82, 2.24) is 0 Å². The van der Waals surface area contributed by atoms with Gasteiger partial charge >= 0.3 is 5.97 Å². The van der Waals surface area contributed by atoms with Crippen molar-refractivity contribution in [3.05, 3.63) is 101 Å². The number of aliphatic imine (C=N–C) groups is 1. The molecule has 0 aliphatic carbocycles. The lowest BCUT2D eigenvalue weighted by Gasteiger charge is -2.11. The summed E-state index contributed by atoms with van der Waals surface area (Å²) in [5, 5.41) is 0. The average Bonchev–Trinajstić information content (AvgIpc) is 3.15. The summed E-state index contributed by atoms with van der Waals surface area (Å²) in [6.45, 7) is 2.45. The summed E-state index contributed by atoms with van der Waals surface area (Å²) in [6.07, 6.45) is 1.66. The second-order valence-corrected chi connectivity index (χ2v) is 6.88. The number of aryl methyl sites for hydroxylation is 1. The van der Waals surface area contributed by atoms with E-state index in [9.17, 15) is 4.79 Å². The van der Waals surface area contributed by atoms with Crippen molar-refractivity contribution in [2.24, 2.45) is 4.99 Å². The van der Waals surface area contributed by atoms with E-state index in [1.54, 1.807) is 19.3 Å². The number of cyclic esters (lactones) is 1. The molecule has 1 aliphatic rings. The Labute approximate surface area is 175 Å². The van der Waals surface area contributed by atoms with Crippen molar-refractivity contribution in [2.45, 2.75) is 13.5 Å². The van der Waals surface area contributed by atoms with Crippen molar-refractivity contribution >= 4 is 17.9 Å². The van der Waals surface area contributed by atoms with Crippen molar-refractivity contribution in [2.75, 3.05) is 7.11 Å². The SMILES string of the molecule is COc1ccc(OCc2ccc(C)cc2)c(/C=C2\N=C(c3ccccc3)OC2=O)c1. The van der Waals surface area contributed by atoms with E-state index in [4.69, 9.17) is 14.2 Å². The Balaban J connectivity index is 1.63. The Kier molecular flexibility index (Phi) is 5.61. The predicted octanol–water partition coefficient (Wildman–Crippen LogP) is 4.93. The topological polar surface area (TPSA) is 57.1 Å². The Bertz CT molecular complexity index is 1120. The molecule has 1 heterocycles. The Morgan fingerprint density at radius 1 is 1.00 bits per heavy atom. The zero-order valence-corrected chi connectivity index (χ0v) is 16.8. The standard InChI is InChI=1S/C25H21NO4/c1-17-8-10-18(11-9-17)16-29-23-13-12-21(28-2)14-20(23)15-22-25(27)30-24(26-22)19-6-4-3-5-7-19/h3-15H,16H2,1-2H3/b22-15-. The van der Waals surface area contributed by atoms with E-state index in [2.05, 4.69) is 4.99 Å². The third-order valence-electron chi connectivity index (χ3n) is 4.67. The molecule has 5 heteroatoms. The molecule has 3 aromatic carbocycles. The van der Waals surface area contributed by atoms with E-state index >= 15 is 0 Å². The van der Waals surface area contributed by atoms with E-state index < -0.39 is 5.97 Å². The fraction of sp³-hybridized carbons (Fsp3) is 0.120. The summed E-state index contributed by atoms with van der Waals surface area (Å²) in [5.74, 6) is 1.07. The van der Waals surface area contributed by atoms with Crippen LogP contribution in [0, 0.1) is 6.92 Å². The maximum Gasteiger partial charge on any atom is 0.363 e. The van der Waals surface area contributed by atoms with Crippen LogP contribution < -0.4 is 9.47 Å². The van der Waals surface area contributed by atoms with Gasteiger partial charge in [-0.15, -0.1) is 0 Å². The molecule has 0 amide bonds. The highest BCUT2D eigenvalue weighted by Gasteiger charge is 2.24. The van der Waals surface area contributed by atoms with Crippen LogP contribution in [-0.4, -0.2) is 19.0 Å². The van der Waals surface area contributed by atoms with Gasteiger partial charge in [-0.25, -0.2) is 9.79 Å². The van der Waals surface area contributed by atoms with Gasteiger partial charge < -0.3 is 14.2 Å². The molecule has 0 spiro atoms. The molecule has 4 rings (SSSR count). The first-order chi connectivity index (χ1) is 14.6. The van der Waals surface area contributed by atoms with Gasteiger partial charge in [-0.3, -0.25) is 0 Å². The Morgan fingerprint density at radius 3 is 2.50 bits per heavy atom. The van der Waals surface area contributed by atoms with Crippen LogP contribution in [0.3, 0.4) is 0 Å². The number of benzene rings is 3. The lowest BCUT2D eigenvalue weighted by molar-refractivity contribution is -0.129. The molecule has 0 bridgehead atoms. The summed E-state index contributed by atoms with van der Waals surface area (Å²) in [5.41, 5.74) is 3.89. The van der Waals surface area contributed by atoms with Crippen LogP contribution in [0.25, 0.3) is 6.08 Å². The zero-order valence-electron chi connectivity index (χ0n) is 16.8. The minimum atomic E-state index is -0.499. The average molecular weight is 399 g/mol. The second kappa shape index (κ2) is 8.66. The normalized spacial score (nSPS) is 14.4. The van der Waals surface area contributed by atoms with Gasteiger partial charge in [0.25, 0.3) is 0 Å². The maximum atomic E-state index is 12.4. The van der Waals surface area contributed by atoms with Gasteiger partial charge in [0, 0.05) is 11.1 Å². The zero-order chi connectivity index (χ0) is 20.9. The van der Waals surface area contributed by atoms with Gasteiger partial charge in [-0.1, -0.05) is 48.0 Å². The lowest BCUT2D eigenvalue weighted by atomic mass is 10.1. The van der Waals surface area contributed by atoms with Crippen LogP contribution in [-0.2, 0) is 16.1 Å². The second-order valence-electron chi connectivity index (χ2n) is 6.88. The first-order valence-corrected chi connectivity index (χ1v) is 9.57. The lowest BCUT2D eigenvalue weighted by Crippen LogP contribution is -2.05. The van der Waals surface area contributed by atoms with E-state index in [1.807, 2.05) is 73.7 Å². The number of esters is 1. The minimum absolute atomic E-state index is 0.210. The smallest absolute Gasteiger partial charge is 0.363 e. The first kappa shape index (κ1) is 19.5. The highest BCUT2D eigenvalue weighted by molar-refractivity contribution is 6.12. The van der Waals surface area contributed by atoms with Gasteiger partial charge in [0.1, 0.15) is 18.1 Å². The van der Waals surface area contributed by atoms with Crippen LogP contribution >= 0.6 is 0 Å². The Hall–Kier alpha value is -3.86. The number of rotatable bonds is 6. The number of hydrogen-bond donors (Lipinski definition) is 0. The monoisotopic (exact) mass is 399 g/mol. The predicted molar refractivity (Wildman–Crippen MR) is 116 cm³/mol. The van der Waals surface area contributed by atoms with Gasteiger partial charge in [0.05, 0.1) is 7.11 Å². The number of ether oxygens (including phenoxy) is 3. The minimum Gasteiger partial charge on any atom is -0.497 e. The molecule has 5 nitrogen and oxygen atoms in total. The number of methoxy groups -OCH3 is 1. The molecular formula is C25H21NO4. The van der Waals surface area contributed by atoms with Crippen molar-refractivity contribution < 1.29 is 19.0 Å².